The van der Waals surface area contributed by atoms with Crippen molar-refractivity contribution in [1.29, 1.82) is 0 Å². The minimum absolute atomic E-state index is 0.140. The quantitative estimate of drug-likeness (QED) is 0.808. The van der Waals surface area contributed by atoms with E-state index >= 15 is 0 Å². The lowest BCUT2D eigenvalue weighted by Gasteiger charge is -2.28. The maximum Gasteiger partial charge on any atom is 0.267 e. The Kier molecular flexibility index (Phi) is 3.91. The molecule has 1 aliphatic heterocycles. The number of aliphatic hydroxyl groups excluding tert-OH is 1. The molecular formula is C18H19N3O4S2. The molecule has 3 fully saturated rings. The third kappa shape index (κ3) is 2.64. The highest BCUT2D eigenvalue weighted by atomic mass is 32.2. The van der Waals surface area contributed by atoms with Gasteiger partial charge in [0.1, 0.15) is 4.88 Å². The molecule has 5 rings (SSSR count). The van der Waals surface area contributed by atoms with Gasteiger partial charge in [-0.05, 0) is 48.8 Å². The molecule has 2 aliphatic carbocycles. The average molecular weight is 406 g/mol. The number of aliphatic hydroxyl groups is 1. The van der Waals surface area contributed by atoms with Gasteiger partial charge in [-0.1, -0.05) is 6.07 Å². The van der Waals surface area contributed by atoms with E-state index in [4.69, 9.17) is 0 Å². The molecule has 3 aliphatic rings. The summed E-state index contributed by atoms with van der Waals surface area (Å²) in [7, 11) is -3.73. The Morgan fingerprint density at radius 1 is 1.30 bits per heavy atom. The first-order valence-electron chi connectivity index (χ1n) is 8.95. The van der Waals surface area contributed by atoms with E-state index in [9.17, 15) is 18.3 Å². The molecule has 142 valence electrons. The van der Waals surface area contributed by atoms with Crippen LogP contribution in [0.15, 0.2) is 40.9 Å². The van der Waals surface area contributed by atoms with Crippen LogP contribution < -0.4 is 5.32 Å². The number of hydrogen-bond donors (Lipinski definition) is 2. The number of anilines is 1. The predicted molar refractivity (Wildman–Crippen MR) is 99.9 cm³/mol. The van der Waals surface area contributed by atoms with Gasteiger partial charge < -0.3 is 10.4 Å². The van der Waals surface area contributed by atoms with Gasteiger partial charge in [0.25, 0.3) is 5.91 Å². The highest BCUT2D eigenvalue weighted by molar-refractivity contribution is 7.89. The zero-order valence-corrected chi connectivity index (χ0v) is 16.0. The van der Waals surface area contributed by atoms with Crippen LogP contribution in [0, 0.1) is 17.8 Å². The number of nitrogens with one attached hydrogen (secondary N) is 1. The van der Waals surface area contributed by atoms with E-state index in [2.05, 4.69) is 10.3 Å². The van der Waals surface area contributed by atoms with E-state index in [-0.39, 0.29) is 28.7 Å². The summed E-state index contributed by atoms with van der Waals surface area (Å²) in [6, 6.07) is 5.98. The summed E-state index contributed by atoms with van der Waals surface area (Å²) >= 11 is 1.22. The summed E-state index contributed by atoms with van der Waals surface area (Å²) in [5.41, 5.74) is 1.99. The molecule has 27 heavy (non-hydrogen) atoms. The Morgan fingerprint density at radius 3 is 2.89 bits per heavy atom. The molecule has 2 saturated carbocycles. The van der Waals surface area contributed by atoms with Crippen LogP contribution >= 0.6 is 11.3 Å². The normalized spacial score (nSPS) is 32.1. The zero-order chi connectivity index (χ0) is 18.8. The number of hydrogen-bond acceptors (Lipinski definition) is 6. The van der Waals surface area contributed by atoms with Gasteiger partial charge in [-0.3, -0.25) is 9.78 Å². The molecule has 1 aromatic heterocycles. The Labute approximate surface area is 161 Å². The van der Waals surface area contributed by atoms with Gasteiger partial charge in [0.05, 0.1) is 28.7 Å². The van der Waals surface area contributed by atoms with E-state index in [0.29, 0.717) is 23.0 Å². The number of thiazole rings is 1. The van der Waals surface area contributed by atoms with Crippen LogP contribution in [-0.2, 0) is 10.0 Å². The fourth-order valence-corrected chi connectivity index (χ4v) is 7.33. The van der Waals surface area contributed by atoms with E-state index < -0.39 is 16.1 Å². The molecular weight excluding hydrogens is 386 g/mol. The maximum absolute atomic E-state index is 13.2. The summed E-state index contributed by atoms with van der Waals surface area (Å²) in [6.45, 7) is 0.475. The summed E-state index contributed by atoms with van der Waals surface area (Å²) in [6.07, 6.45) is 2.74. The van der Waals surface area contributed by atoms with Crippen LogP contribution in [0.1, 0.15) is 22.5 Å². The number of carbonyl (C=O) groups is 1. The molecule has 2 aromatic rings. The summed E-state index contributed by atoms with van der Waals surface area (Å²) in [5, 5.41) is 13.2. The minimum Gasteiger partial charge on any atom is -0.391 e. The second kappa shape index (κ2) is 6.10. The number of rotatable bonds is 4. The minimum atomic E-state index is -3.73. The first-order chi connectivity index (χ1) is 12.9. The van der Waals surface area contributed by atoms with Gasteiger partial charge in [0.2, 0.25) is 10.0 Å². The second-order valence-corrected chi connectivity index (χ2v) is 10.3. The Balaban J connectivity index is 1.42. The van der Waals surface area contributed by atoms with Crippen molar-refractivity contribution in [2.24, 2.45) is 17.8 Å². The zero-order valence-electron chi connectivity index (χ0n) is 14.4. The number of carbonyl (C=O) groups excluding carboxylic acids is 1. The van der Waals surface area contributed by atoms with Crippen LogP contribution in [-0.4, -0.2) is 47.4 Å². The molecule has 7 nitrogen and oxygen atoms in total. The first-order valence-corrected chi connectivity index (χ1v) is 11.3. The van der Waals surface area contributed by atoms with Crippen molar-refractivity contribution in [2.45, 2.75) is 29.9 Å². The standard InChI is InChI=1S/C18H19N3O4S2/c22-17-10-4-11-8-21(16(17)14(11)5-10)27(24,25)13-3-1-2-12(6-13)20-18(23)15-7-19-9-26-15/h1-3,6-7,9-11,14,16-17,22H,4-5,8H2,(H,20,23)/t10-,11-,14+,16-,17+/m0/s1. The second-order valence-electron chi connectivity index (χ2n) is 7.56. The highest BCUT2D eigenvalue weighted by Gasteiger charge is 2.61. The van der Waals surface area contributed by atoms with Gasteiger partial charge in [-0.2, -0.15) is 4.31 Å². The van der Waals surface area contributed by atoms with Crippen LogP contribution in [0.2, 0.25) is 0 Å². The number of fused-ring (bicyclic) bond motifs is 1. The van der Waals surface area contributed by atoms with Gasteiger partial charge in [0, 0.05) is 12.2 Å². The number of amides is 1. The lowest BCUT2D eigenvalue weighted by Crippen LogP contribution is -2.43. The highest BCUT2D eigenvalue weighted by Crippen LogP contribution is 2.56. The lowest BCUT2D eigenvalue weighted by atomic mass is 9.88. The van der Waals surface area contributed by atoms with E-state index in [0.717, 1.165) is 12.8 Å². The van der Waals surface area contributed by atoms with Crippen LogP contribution in [0.4, 0.5) is 5.69 Å². The van der Waals surface area contributed by atoms with Crippen molar-refractivity contribution >= 4 is 33.0 Å². The number of benzene rings is 1. The van der Waals surface area contributed by atoms with Crippen LogP contribution in [0.25, 0.3) is 0 Å². The smallest absolute Gasteiger partial charge is 0.267 e. The summed E-state index contributed by atoms with van der Waals surface area (Å²) < 4.78 is 28.0. The molecule has 0 radical (unpaired) electrons. The molecule has 2 bridgehead atoms. The monoisotopic (exact) mass is 405 g/mol. The van der Waals surface area contributed by atoms with Crippen LogP contribution in [0.3, 0.4) is 0 Å². The summed E-state index contributed by atoms with van der Waals surface area (Å²) in [5.74, 6) is 0.539. The maximum atomic E-state index is 13.2. The van der Waals surface area contributed by atoms with E-state index in [1.165, 1.54) is 34.0 Å². The fourth-order valence-electron chi connectivity index (χ4n) is 5.03. The Bertz CT molecular complexity index is 990. The molecule has 9 heteroatoms. The third-order valence-corrected chi connectivity index (χ3v) is 8.79. The molecule has 5 atom stereocenters. The van der Waals surface area contributed by atoms with Gasteiger partial charge in [-0.15, -0.1) is 11.3 Å². The Hall–Kier alpha value is -1.81. The average Bonchev–Trinajstić information content (AvgIpc) is 3.38. The van der Waals surface area contributed by atoms with Gasteiger partial charge in [-0.25, -0.2) is 8.42 Å². The third-order valence-electron chi connectivity index (χ3n) is 6.16. The van der Waals surface area contributed by atoms with Crippen LogP contribution in [0.5, 0.6) is 0 Å². The van der Waals surface area contributed by atoms with Crippen molar-refractivity contribution in [3.05, 3.63) is 40.8 Å². The van der Waals surface area contributed by atoms with Crippen molar-refractivity contribution < 1.29 is 18.3 Å². The summed E-state index contributed by atoms with van der Waals surface area (Å²) in [4.78, 5) is 16.7. The molecule has 1 aromatic carbocycles. The largest absolute Gasteiger partial charge is 0.391 e. The molecule has 1 saturated heterocycles. The predicted octanol–water partition coefficient (Wildman–Crippen LogP) is 1.79. The first kappa shape index (κ1) is 17.3. The molecule has 1 amide bonds. The molecule has 2 N–H and O–H groups in total. The number of aromatic nitrogens is 1. The SMILES string of the molecule is O=C(Nc1cccc(S(=O)(=O)N2C[C@@H]3C[C@H]4C[C@H]3[C@H]2[C@@H]4O)c1)c1cncs1. The lowest BCUT2D eigenvalue weighted by molar-refractivity contribution is 0.0731. The number of sulfonamides is 1. The van der Waals surface area contributed by atoms with Crippen molar-refractivity contribution in [3.63, 3.8) is 0 Å². The van der Waals surface area contributed by atoms with Crippen molar-refractivity contribution in [3.8, 4) is 0 Å². The van der Waals surface area contributed by atoms with E-state index in [1.807, 2.05) is 0 Å². The van der Waals surface area contributed by atoms with Gasteiger partial charge in [0.15, 0.2) is 0 Å². The van der Waals surface area contributed by atoms with Crippen molar-refractivity contribution in [1.82, 2.24) is 9.29 Å². The molecule has 0 spiro atoms. The van der Waals surface area contributed by atoms with E-state index in [1.54, 1.807) is 17.6 Å². The number of nitrogens with zero attached hydrogens (tertiary/aromatic N) is 2. The van der Waals surface area contributed by atoms with Crippen molar-refractivity contribution in [2.75, 3.05) is 11.9 Å². The van der Waals surface area contributed by atoms with Gasteiger partial charge >= 0.3 is 0 Å². The topological polar surface area (TPSA) is 99.6 Å². The fraction of sp³-hybridized carbons (Fsp3) is 0.444. The Morgan fingerprint density at radius 2 is 2.15 bits per heavy atom. The molecule has 0 unspecified atom stereocenters. The molecule has 2 heterocycles.